The van der Waals surface area contributed by atoms with Crippen molar-refractivity contribution in [1.82, 2.24) is 4.90 Å². The number of hydrogen-bond donors (Lipinski definition) is 2. The molecule has 0 aliphatic carbocycles. The van der Waals surface area contributed by atoms with Crippen molar-refractivity contribution in [2.75, 3.05) is 37.6 Å². The first-order chi connectivity index (χ1) is 12.5. The quantitative estimate of drug-likeness (QED) is 0.395. The maximum absolute atomic E-state index is 13.7. The minimum atomic E-state index is -1.03. The topological polar surface area (TPSA) is 65.1 Å². The van der Waals surface area contributed by atoms with Crippen molar-refractivity contribution < 1.29 is 13.9 Å². The Bertz CT molecular complexity index is 765. The van der Waals surface area contributed by atoms with Gasteiger partial charge in [0, 0.05) is 37.4 Å². The third-order valence-corrected chi connectivity index (χ3v) is 4.49. The van der Waals surface area contributed by atoms with Crippen LogP contribution in [0.2, 0.25) is 0 Å². The molecule has 0 aromatic heterocycles. The monoisotopic (exact) mass is 488 g/mol. The van der Waals surface area contributed by atoms with Crippen LogP contribution in [-0.2, 0) is 0 Å². The number of piperazine rings is 1. The van der Waals surface area contributed by atoms with Crippen molar-refractivity contribution >= 4 is 35.6 Å². The lowest BCUT2D eigenvalue weighted by Crippen LogP contribution is -2.51. The third kappa shape index (κ3) is 5.52. The van der Waals surface area contributed by atoms with E-state index in [9.17, 15) is 13.9 Å². The molecule has 146 valence electrons. The maximum Gasteiger partial charge on any atom is 0.191 e. The number of benzene rings is 2. The van der Waals surface area contributed by atoms with Crippen molar-refractivity contribution in [3.63, 3.8) is 0 Å². The van der Waals surface area contributed by atoms with Crippen molar-refractivity contribution in [3.8, 4) is 0 Å². The smallest absolute Gasteiger partial charge is 0.191 e. The van der Waals surface area contributed by atoms with Gasteiger partial charge >= 0.3 is 0 Å². The lowest BCUT2D eigenvalue weighted by atomic mass is 10.1. The molecule has 1 aliphatic rings. The number of nitrogens with zero attached hydrogens (tertiary/aromatic N) is 3. The number of rotatable bonds is 4. The van der Waals surface area contributed by atoms with E-state index in [1.807, 2.05) is 4.90 Å². The highest BCUT2D eigenvalue weighted by Crippen LogP contribution is 2.18. The minimum absolute atomic E-state index is 0. The molecule has 1 unspecified atom stereocenters. The third-order valence-electron chi connectivity index (χ3n) is 4.49. The molecular formula is C19H23F2IN4O. The number of guanidine groups is 1. The van der Waals surface area contributed by atoms with Gasteiger partial charge in [0.2, 0.25) is 0 Å². The number of aliphatic hydroxyl groups excluding tert-OH is 1. The van der Waals surface area contributed by atoms with Crippen LogP contribution in [-0.4, -0.2) is 48.7 Å². The highest BCUT2D eigenvalue weighted by atomic mass is 127. The fourth-order valence-corrected chi connectivity index (χ4v) is 2.97. The number of aliphatic imine (C=N–C) groups is 1. The second-order valence-corrected chi connectivity index (χ2v) is 6.19. The van der Waals surface area contributed by atoms with Gasteiger partial charge in [-0.2, -0.15) is 0 Å². The van der Waals surface area contributed by atoms with Crippen LogP contribution in [0.1, 0.15) is 11.7 Å². The van der Waals surface area contributed by atoms with Gasteiger partial charge in [0.05, 0.1) is 6.54 Å². The van der Waals surface area contributed by atoms with E-state index >= 15 is 0 Å². The molecular weight excluding hydrogens is 465 g/mol. The van der Waals surface area contributed by atoms with Crippen LogP contribution in [0, 0.1) is 11.6 Å². The second kappa shape index (κ2) is 9.84. The van der Waals surface area contributed by atoms with E-state index < -0.39 is 11.9 Å². The van der Waals surface area contributed by atoms with E-state index in [1.54, 1.807) is 24.3 Å². The molecule has 8 heteroatoms. The molecule has 0 bridgehead atoms. The zero-order valence-electron chi connectivity index (χ0n) is 14.8. The van der Waals surface area contributed by atoms with Crippen molar-refractivity contribution in [2.45, 2.75) is 6.10 Å². The summed E-state index contributed by atoms with van der Waals surface area (Å²) in [6.45, 7) is 2.81. The van der Waals surface area contributed by atoms with Crippen LogP contribution in [0.15, 0.2) is 53.5 Å². The van der Waals surface area contributed by atoms with Crippen LogP contribution in [0.4, 0.5) is 14.5 Å². The lowest BCUT2D eigenvalue weighted by Gasteiger charge is -2.36. The van der Waals surface area contributed by atoms with Gasteiger partial charge in [-0.05, 0) is 30.3 Å². The predicted octanol–water partition coefficient (Wildman–Crippen LogP) is 2.75. The Labute approximate surface area is 174 Å². The van der Waals surface area contributed by atoms with Crippen LogP contribution >= 0.6 is 24.0 Å². The molecule has 5 nitrogen and oxygen atoms in total. The fourth-order valence-electron chi connectivity index (χ4n) is 2.97. The van der Waals surface area contributed by atoms with Crippen LogP contribution in [0.25, 0.3) is 0 Å². The van der Waals surface area contributed by atoms with E-state index in [0.717, 1.165) is 18.8 Å². The summed E-state index contributed by atoms with van der Waals surface area (Å²) in [6.07, 6.45) is -1.03. The van der Waals surface area contributed by atoms with E-state index in [4.69, 9.17) is 5.73 Å². The lowest BCUT2D eigenvalue weighted by molar-refractivity contribution is 0.181. The van der Waals surface area contributed by atoms with Gasteiger partial charge in [-0.3, -0.25) is 4.99 Å². The summed E-state index contributed by atoms with van der Waals surface area (Å²) in [7, 11) is 0. The number of anilines is 1. The number of aliphatic hydroxyl groups is 1. The minimum Gasteiger partial charge on any atom is -0.386 e. The first-order valence-corrected chi connectivity index (χ1v) is 8.52. The standard InChI is InChI=1S/C19H22F2N4O.HI/c20-14-5-7-15(8-6-14)24-9-11-25(12-10-24)19(22)23-13-18(26)16-3-1-2-4-17(16)21;/h1-8,18,26H,9-13H2,(H2,22,23);1H. The van der Waals surface area contributed by atoms with E-state index in [-0.39, 0.29) is 41.9 Å². The summed E-state index contributed by atoms with van der Waals surface area (Å²) in [5.41, 5.74) is 7.20. The Morgan fingerprint density at radius 3 is 2.30 bits per heavy atom. The van der Waals surface area contributed by atoms with Crippen LogP contribution in [0.5, 0.6) is 0 Å². The van der Waals surface area contributed by atoms with Gasteiger partial charge in [0.25, 0.3) is 0 Å². The van der Waals surface area contributed by atoms with Gasteiger partial charge < -0.3 is 20.6 Å². The first-order valence-electron chi connectivity index (χ1n) is 8.52. The Hall–Kier alpha value is -1.94. The maximum atomic E-state index is 13.7. The number of nitrogens with two attached hydrogens (primary N) is 1. The molecule has 1 saturated heterocycles. The Morgan fingerprint density at radius 2 is 1.67 bits per heavy atom. The Balaban J connectivity index is 0.00000261. The van der Waals surface area contributed by atoms with Crippen LogP contribution in [0.3, 0.4) is 0 Å². The van der Waals surface area contributed by atoms with Crippen molar-refractivity contribution in [3.05, 3.63) is 65.7 Å². The average molecular weight is 488 g/mol. The normalized spacial score (nSPS) is 16.0. The van der Waals surface area contributed by atoms with Crippen molar-refractivity contribution in [1.29, 1.82) is 0 Å². The largest absolute Gasteiger partial charge is 0.386 e. The summed E-state index contributed by atoms with van der Waals surface area (Å²) >= 11 is 0. The molecule has 0 spiro atoms. The zero-order valence-corrected chi connectivity index (χ0v) is 17.1. The average Bonchev–Trinajstić information content (AvgIpc) is 2.67. The fraction of sp³-hybridized carbons (Fsp3) is 0.316. The highest BCUT2D eigenvalue weighted by Gasteiger charge is 2.19. The molecule has 0 radical (unpaired) electrons. The van der Waals surface area contributed by atoms with Gasteiger partial charge in [-0.15, -0.1) is 24.0 Å². The molecule has 3 N–H and O–H groups in total. The molecule has 3 rings (SSSR count). The van der Waals surface area contributed by atoms with Gasteiger partial charge in [0.15, 0.2) is 5.96 Å². The first kappa shape index (κ1) is 21.4. The summed E-state index contributed by atoms with van der Waals surface area (Å²) in [5.74, 6) is -0.377. The number of halogens is 3. The molecule has 2 aromatic carbocycles. The van der Waals surface area contributed by atoms with Crippen molar-refractivity contribution in [2.24, 2.45) is 10.7 Å². The van der Waals surface area contributed by atoms with E-state index in [2.05, 4.69) is 9.89 Å². The summed E-state index contributed by atoms with van der Waals surface area (Å²) < 4.78 is 26.7. The molecule has 1 aliphatic heterocycles. The molecule has 1 fully saturated rings. The predicted molar refractivity (Wildman–Crippen MR) is 113 cm³/mol. The molecule has 27 heavy (non-hydrogen) atoms. The second-order valence-electron chi connectivity index (χ2n) is 6.19. The van der Waals surface area contributed by atoms with Gasteiger partial charge in [0.1, 0.15) is 17.7 Å². The van der Waals surface area contributed by atoms with Gasteiger partial charge in [-0.1, -0.05) is 18.2 Å². The molecule has 1 atom stereocenters. The molecule has 2 aromatic rings. The highest BCUT2D eigenvalue weighted by molar-refractivity contribution is 14.0. The summed E-state index contributed by atoms with van der Waals surface area (Å²) in [4.78, 5) is 8.29. The van der Waals surface area contributed by atoms with Gasteiger partial charge in [-0.25, -0.2) is 8.78 Å². The molecule has 0 saturated carbocycles. The number of hydrogen-bond acceptors (Lipinski definition) is 3. The molecule has 0 amide bonds. The molecule has 1 heterocycles. The summed E-state index contributed by atoms with van der Waals surface area (Å²) in [5, 5.41) is 10.1. The van der Waals surface area contributed by atoms with E-state index in [0.29, 0.717) is 19.0 Å². The van der Waals surface area contributed by atoms with Crippen LogP contribution < -0.4 is 10.6 Å². The summed E-state index contributed by atoms with van der Waals surface area (Å²) in [6, 6.07) is 12.5. The van der Waals surface area contributed by atoms with E-state index in [1.165, 1.54) is 24.3 Å². The Kier molecular flexibility index (Phi) is 7.78. The zero-order chi connectivity index (χ0) is 18.5. The Morgan fingerprint density at radius 1 is 1.04 bits per heavy atom. The SMILES string of the molecule is I.NC(=NCC(O)c1ccccc1F)N1CCN(c2ccc(F)cc2)CC1.